The molecule has 0 bridgehead atoms. The van der Waals surface area contributed by atoms with Gasteiger partial charge in [-0.15, -0.1) is 0 Å². The molecule has 4 nitrogen and oxygen atoms in total. The summed E-state index contributed by atoms with van der Waals surface area (Å²) in [7, 11) is 0. The molecule has 1 aromatic carbocycles. The van der Waals surface area contributed by atoms with Gasteiger partial charge in [-0.05, 0) is 24.1 Å². The highest BCUT2D eigenvalue weighted by atomic mass is 19.4. The van der Waals surface area contributed by atoms with Gasteiger partial charge in [0.05, 0.1) is 11.5 Å². The maximum absolute atomic E-state index is 12.6. The van der Waals surface area contributed by atoms with E-state index in [-0.39, 0.29) is 0 Å². The van der Waals surface area contributed by atoms with E-state index in [1.165, 1.54) is 12.1 Å². The summed E-state index contributed by atoms with van der Waals surface area (Å²) in [5.41, 5.74) is -0.426. The summed E-state index contributed by atoms with van der Waals surface area (Å²) in [6.07, 6.45) is -1.73. The number of aldehydes is 1. The van der Waals surface area contributed by atoms with Crippen molar-refractivity contribution in [2.45, 2.75) is 38.3 Å². The zero-order chi connectivity index (χ0) is 16.8. The Morgan fingerprint density at radius 2 is 1.86 bits per heavy atom. The van der Waals surface area contributed by atoms with E-state index in [0.717, 1.165) is 25.0 Å². The standard InChI is InChI=1S/C15H18F3NO3/c1-2-3-4-12(10-20)14(9-19(21)22)11-5-7-13(8-6-11)15(16,17)18/h5-8,10,12,14H,2-4,9H2,1H3/t12-,14+/m1/s1. The van der Waals surface area contributed by atoms with Crippen molar-refractivity contribution in [1.82, 2.24) is 0 Å². The Morgan fingerprint density at radius 1 is 1.27 bits per heavy atom. The number of halogens is 3. The molecule has 0 aromatic heterocycles. The molecule has 0 saturated carbocycles. The first-order valence-electron chi connectivity index (χ1n) is 7.03. The van der Waals surface area contributed by atoms with Crippen molar-refractivity contribution in [3.63, 3.8) is 0 Å². The Labute approximate surface area is 126 Å². The third kappa shape index (κ3) is 5.13. The maximum Gasteiger partial charge on any atom is 0.416 e. The van der Waals surface area contributed by atoms with Crippen LogP contribution in [-0.4, -0.2) is 17.8 Å². The third-order valence-corrected chi connectivity index (χ3v) is 3.59. The minimum atomic E-state index is -4.45. The molecule has 0 N–H and O–H groups in total. The number of rotatable bonds is 8. The fraction of sp³-hybridized carbons (Fsp3) is 0.533. The van der Waals surface area contributed by atoms with Crippen molar-refractivity contribution in [2.24, 2.45) is 5.92 Å². The molecule has 0 spiro atoms. The first-order chi connectivity index (χ1) is 10.3. The number of benzene rings is 1. The van der Waals surface area contributed by atoms with Crippen LogP contribution in [-0.2, 0) is 11.0 Å². The van der Waals surface area contributed by atoms with Crippen molar-refractivity contribution < 1.29 is 22.9 Å². The van der Waals surface area contributed by atoms with Crippen molar-refractivity contribution >= 4 is 6.29 Å². The first kappa shape index (κ1) is 18.1. The SMILES string of the molecule is CCCC[C@H](C=O)[C@@H](C[N+](=O)[O-])c1ccc(C(F)(F)F)cc1. The summed E-state index contributed by atoms with van der Waals surface area (Å²) in [5, 5.41) is 10.8. The summed E-state index contributed by atoms with van der Waals surface area (Å²) in [4.78, 5) is 21.5. The van der Waals surface area contributed by atoms with Gasteiger partial charge in [-0.2, -0.15) is 13.2 Å². The third-order valence-electron chi connectivity index (χ3n) is 3.59. The number of nitrogens with zero attached hydrogens (tertiary/aromatic N) is 1. The quantitative estimate of drug-likeness (QED) is 0.412. The Kier molecular flexibility index (Phi) is 6.52. The van der Waals surface area contributed by atoms with Crippen LogP contribution in [0.3, 0.4) is 0 Å². The fourth-order valence-corrected chi connectivity index (χ4v) is 2.37. The maximum atomic E-state index is 12.6. The number of alkyl halides is 3. The van der Waals surface area contributed by atoms with Crippen LogP contribution in [0.5, 0.6) is 0 Å². The van der Waals surface area contributed by atoms with Gasteiger partial charge in [0.1, 0.15) is 6.29 Å². The van der Waals surface area contributed by atoms with Gasteiger partial charge in [-0.3, -0.25) is 10.1 Å². The van der Waals surface area contributed by atoms with E-state index in [1.54, 1.807) is 0 Å². The lowest BCUT2D eigenvalue weighted by atomic mass is 9.83. The molecule has 122 valence electrons. The molecule has 0 aliphatic rings. The Bertz CT molecular complexity index is 500. The molecule has 0 radical (unpaired) electrons. The molecule has 0 amide bonds. The van der Waals surface area contributed by atoms with Crippen molar-refractivity contribution in [2.75, 3.05) is 6.54 Å². The predicted octanol–water partition coefficient (Wildman–Crippen LogP) is 4.07. The van der Waals surface area contributed by atoms with Crippen molar-refractivity contribution in [3.05, 3.63) is 45.5 Å². The van der Waals surface area contributed by atoms with Crippen molar-refractivity contribution in [3.8, 4) is 0 Å². The molecule has 7 heteroatoms. The van der Waals surface area contributed by atoms with E-state index in [4.69, 9.17) is 0 Å². The van der Waals surface area contributed by atoms with Crippen LogP contribution in [0.25, 0.3) is 0 Å². The minimum Gasteiger partial charge on any atom is -0.303 e. The smallest absolute Gasteiger partial charge is 0.303 e. The summed E-state index contributed by atoms with van der Waals surface area (Å²) in [6, 6.07) is 4.23. The molecular weight excluding hydrogens is 299 g/mol. The van der Waals surface area contributed by atoms with E-state index in [1.807, 2.05) is 6.92 Å². The van der Waals surface area contributed by atoms with E-state index in [9.17, 15) is 28.1 Å². The largest absolute Gasteiger partial charge is 0.416 e. The lowest BCUT2D eigenvalue weighted by Crippen LogP contribution is -2.22. The molecule has 0 fully saturated rings. The van der Waals surface area contributed by atoms with Gasteiger partial charge in [-0.25, -0.2) is 0 Å². The highest BCUT2D eigenvalue weighted by molar-refractivity contribution is 5.56. The second-order valence-corrected chi connectivity index (χ2v) is 5.18. The van der Waals surface area contributed by atoms with E-state index >= 15 is 0 Å². The van der Waals surface area contributed by atoms with Crippen LogP contribution < -0.4 is 0 Å². The fourth-order valence-electron chi connectivity index (χ4n) is 2.37. The number of unbranched alkanes of at least 4 members (excludes halogenated alkanes) is 1. The van der Waals surface area contributed by atoms with Gasteiger partial charge >= 0.3 is 6.18 Å². The molecule has 22 heavy (non-hydrogen) atoms. The van der Waals surface area contributed by atoms with Gasteiger partial charge in [0, 0.05) is 10.8 Å². The predicted molar refractivity (Wildman–Crippen MR) is 75.1 cm³/mol. The lowest BCUT2D eigenvalue weighted by Gasteiger charge is -2.20. The van der Waals surface area contributed by atoms with Crippen LogP contribution in [0.4, 0.5) is 13.2 Å². The normalized spacial score (nSPS) is 14.4. The summed E-state index contributed by atoms with van der Waals surface area (Å²) in [5.74, 6) is -1.27. The van der Waals surface area contributed by atoms with Crippen LogP contribution in [0.2, 0.25) is 0 Å². The van der Waals surface area contributed by atoms with Crippen LogP contribution in [0.15, 0.2) is 24.3 Å². The highest BCUT2D eigenvalue weighted by Gasteiger charge is 2.32. The van der Waals surface area contributed by atoms with Crippen LogP contribution in [0, 0.1) is 16.0 Å². The van der Waals surface area contributed by atoms with E-state index in [0.29, 0.717) is 18.3 Å². The Balaban J connectivity index is 3.05. The zero-order valence-electron chi connectivity index (χ0n) is 12.2. The van der Waals surface area contributed by atoms with Gasteiger partial charge in [0.25, 0.3) is 0 Å². The highest BCUT2D eigenvalue weighted by Crippen LogP contribution is 2.32. The van der Waals surface area contributed by atoms with Gasteiger partial charge in [0.15, 0.2) is 0 Å². The zero-order valence-corrected chi connectivity index (χ0v) is 12.2. The Morgan fingerprint density at radius 3 is 2.27 bits per heavy atom. The molecule has 0 aliphatic heterocycles. The summed E-state index contributed by atoms with van der Waals surface area (Å²) in [6.45, 7) is 1.46. The molecule has 0 heterocycles. The number of nitro groups is 1. The topological polar surface area (TPSA) is 60.2 Å². The van der Waals surface area contributed by atoms with E-state index < -0.39 is 35.0 Å². The number of hydrogen-bond acceptors (Lipinski definition) is 3. The monoisotopic (exact) mass is 317 g/mol. The van der Waals surface area contributed by atoms with Crippen molar-refractivity contribution in [1.29, 1.82) is 0 Å². The molecule has 2 atom stereocenters. The Hall–Kier alpha value is -1.92. The van der Waals surface area contributed by atoms with Gasteiger partial charge < -0.3 is 4.79 Å². The molecule has 0 unspecified atom stereocenters. The second kappa shape index (κ2) is 7.91. The summed E-state index contributed by atoms with van der Waals surface area (Å²) >= 11 is 0. The van der Waals surface area contributed by atoms with Gasteiger partial charge in [0.2, 0.25) is 6.54 Å². The first-order valence-corrected chi connectivity index (χ1v) is 7.03. The summed E-state index contributed by atoms with van der Waals surface area (Å²) < 4.78 is 37.7. The average molecular weight is 317 g/mol. The van der Waals surface area contributed by atoms with Crippen LogP contribution in [0.1, 0.15) is 43.2 Å². The number of carbonyl (C=O) groups excluding carboxylic acids is 1. The van der Waals surface area contributed by atoms with E-state index in [2.05, 4.69) is 0 Å². The average Bonchev–Trinajstić information content (AvgIpc) is 2.45. The van der Waals surface area contributed by atoms with Gasteiger partial charge in [-0.1, -0.05) is 31.9 Å². The molecule has 1 rings (SSSR count). The molecule has 0 aliphatic carbocycles. The lowest BCUT2D eigenvalue weighted by molar-refractivity contribution is -0.484. The minimum absolute atomic E-state index is 0.387. The molecular formula is C15H18F3NO3. The number of carbonyl (C=O) groups is 1. The number of hydrogen-bond donors (Lipinski definition) is 0. The second-order valence-electron chi connectivity index (χ2n) is 5.18. The van der Waals surface area contributed by atoms with Crippen LogP contribution >= 0.6 is 0 Å². The molecule has 1 aromatic rings. The molecule has 0 saturated heterocycles.